The highest BCUT2D eigenvalue weighted by Gasteiger charge is 2.38. The van der Waals surface area contributed by atoms with Crippen molar-refractivity contribution in [1.29, 1.82) is 0 Å². The number of carboxylic acid groups (broad SMARTS) is 1. The number of nitrogens with one attached hydrogen (secondary N) is 11. The van der Waals surface area contributed by atoms with Crippen molar-refractivity contribution in [1.82, 2.24) is 63.1 Å². The van der Waals surface area contributed by atoms with Crippen molar-refractivity contribution >= 4 is 115 Å². The van der Waals surface area contributed by atoms with Gasteiger partial charge in [-0.15, -0.1) is 0 Å². The highest BCUT2D eigenvalue weighted by Crippen LogP contribution is 2.25. The molecule has 2 aliphatic rings. The third kappa shape index (κ3) is 25.8. The number of nitrogens with zero attached hydrogens (tertiary/aromatic N) is 2. The quantitative estimate of drug-likeness (QED) is 0.0160. The minimum absolute atomic E-state index is 0.00801. The number of likely N-dealkylation sites (N-methyl/N-ethyl adjacent to an activating group) is 1. The Balaban J connectivity index is 1.41. The SMILES string of the molecule is CCN1CCC[C@H]1C(=O)N[C@@H](Cc1ccc(O)cc1)C(=O)N[C@H]1CSSC[C@H](C(N)=O)NC(=O)[C@H](CCC(=O)O)NC(=O)[C@H](Cc2c[nH]c3ccccc23)NC(=O)[C@H](CCC(N)=O)NC(=O)CCNC(=O)[C@H](CCCN=C(N)N)NC(=O)[C@H](Cc2ccc(O)cc2)NC(=O)[C@H](C(C)C)NC1=O. The summed E-state index contributed by atoms with van der Waals surface area (Å²) in [6, 6.07) is 4.08. The smallest absolute Gasteiger partial charge is 0.303 e. The molecule has 101 heavy (non-hydrogen) atoms. The van der Waals surface area contributed by atoms with Gasteiger partial charge in [0.1, 0.15) is 65.9 Å². The van der Waals surface area contributed by atoms with Crippen molar-refractivity contribution < 1.29 is 77.6 Å². The summed E-state index contributed by atoms with van der Waals surface area (Å²) < 4.78 is 0. The molecule has 3 heterocycles. The summed E-state index contributed by atoms with van der Waals surface area (Å²) in [5.41, 5.74) is 24.5. The lowest BCUT2D eigenvalue weighted by Crippen LogP contribution is -2.61. The number of aromatic nitrogens is 1. The van der Waals surface area contributed by atoms with Crippen molar-refractivity contribution in [2.24, 2.45) is 33.8 Å². The lowest BCUT2D eigenvalue weighted by Gasteiger charge is -2.29. The second-order valence-electron chi connectivity index (χ2n) is 24.8. The molecule has 6 rings (SSSR count). The number of aliphatic imine (C=N–C) groups is 1. The molecule has 3 aromatic carbocycles. The molecule has 35 heteroatoms. The number of H-pyrrole nitrogens is 1. The van der Waals surface area contributed by atoms with Crippen LogP contribution in [0.15, 0.2) is 84.0 Å². The number of hydrogen-bond acceptors (Lipinski definition) is 19. The van der Waals surface area contributed by atoms with E-state index in [1.54, 1.807) is 56.4 Å². The summed E-state index contributed by atoms with van der Waals surface area (Å²) in [6.45, 7) is 5.81. The zero-order valence-electron chi connectivity index (χ0n) is 56.3. The van der Waals surface area contributed by atoms with Crippen LogP contribution < -0.4 is 76.1 Å². The number of hydrogen-bond donors (Lipinski definition) is 18. The van der Waals surface area contributed by atoms with Crippen LogP contribution in [0.2, 0.25) is 0 Å². The van der Waals surface area contributed by atoms with E-state index in [0.717, 1.165) is 21.6 Å². The number of aromatic amines is 1. The largest absolute Gasteiger partial charge is 0.508 e. The summed E-state index contributed by atoms with van der Waals surface area (Å²) in [5.74, 6) is -14.2. The van der Waals surface area contributed by atoms with Crippen LogP contribution in [0.25, 0.3) is 10.9 Å². The molecule has 0 unspecified atom stereocenters. The van der Waals surface area contributed by atoms with E-state index in [9.17, 15) is 77.6 Å². The van der Waals surface area contributed by atoms with Crippen molar-refractivity contribution in [3.8, 4) is 11.5 Å². The Morgan fingerprint density at radius 3 is 1.88 bits per heavy atom. The van der Waals surface area contributed by atoms with E-state index in [1.807, 2.05) is 11.8 Å². The second-order valence-corrected chi connectivity index (χ2v) is 27.3. The maximum atomic E-state index is 15.0. The summed E-state index contributed by atoms with van der Waals surface area (Å²) >= 11 is 0. The number of carbonyl (C=O) groups excluding carboxylic acids is 12. The fraction of sp³-hybridized carbons (Fsp3) is 0.485. The maximum Gasteiger partial charge on any atom is 0.303 e. The molecule has 2 saturated heterocycles. The predicted octanol–water partition coefficient (Wildman–Crippen LogP) is -2.32. The zero-order valence-corrected chi connectivity index (χ0v) is 57.9. The molecule has 0 radical (unpaired) electrons. The van der Waals surface area contributed by atoms with Gasteiger partial charge < -0.3 is 96.4 Å². The normalized spacial score (nSPS) is 22.7. The highest BCUT2D eigenvalue weighted by molar-refractivity contribution is 8.76. The molecule has 22 N–H and O–H groups in total. The van der Waals surface area contributed by atoms with Crippen LogP contribution >= 0.6 is 21.6 Å². The highest BCUT2D eigenvalue weighted by atomic mass is 33.1. The van der Waals surface area contributed by atoms with E-state index in [4.69, 9.17) is 22.9 Å². The number of guanidine groups is 1. The van der Waals surface area contributed by atoms with Crippen LogP contribution in [0.1, 0.15) is 95.2 Å². The number of amides is 12. The Kier molecular flexibility index (Phi) is 31.3. The molecular weight excluding hydrogens is 1350 g/mol. The van der Waals surface area contributed by atoms with Crippen molar-refractivity contribution in [2.45, 2.75) is 158 Å². The number of phenolic OH excluding ortho intramolecular Hbond substituents is 2. The molecule has 0 saturated carbocycles. The van der Waals surface area contributed by atoms with Gasteiger partial charge in [-0.1, -0.05) is 84.8 Å². The number of benzene rings is 3. The summed E-state index contributed by atoms with van der Waals surface area (Å²) in [6.07, 6.45) is -0.556. The fourth-order valence-electron chi connectivity index (χ4n) is 11.2. The molecule has 1 aromatic heterocycles. The Hall–Kier alpha value is -10.2. The third-order valence-electron chi connectivity index (χ3n) is 16.8. The summed E-state index contributed by atoms with van der Waals surface area (Å²) in [5, 5.41) is 57.1. The van der Waals surface area contributed by atoms with E-state index < -0.39 is 182 Å². The van der Waals surface area contributed by atoms with Crippen LogP contribution in [-0.4, -0.2) is 206 Å². The van der Waals surface area contributed by atoms with Crippen LogP contribution in [0.4, 0.5) is 0 Å². The van der Waals surface area contributed by atoms with Gasteiger partial charge in [0.25, 0.3) is 0 Å². The molecular formula is C66H91N17O16S2. The first-order chi connectivity index (χ1) is 48.1. The van der Waals surface area contributed by atoms with E-state index in [1.165, 1.54) is 36.4 Å². The van der Waals surface area contributed by atoms with Crippen molar-refractivity contribution in [3.05, 3.63) is 95.7 Å². The van der Waals surface area contributed by atoms with Gasteiger partial charge in [0.05, 0.1) is 6.04 Å². The number of aliphatic carboxylic acids is 1. The van der Waals surface area contributed by atoms with Gasteiger partial charge in [-0.25, -0.2) is 0 Å². The molecule has 2 fully saturated rings. The van der Waals surface area contributed by atoms with Crippen molar-refractivity contribution in [3.63, 3.8) is 0 Å². The van der Waals surface area contributed by atoms with Crippen LogP contribution in [0.3, 0.4) is 0 Å². The number of fused-ring (bicyclic) bond motifs is 1. The van der Waals surface area contributed by atoms with Gasteiger partial charge in [-0.2, -0.15) is 0 Å². The van der Waals surface area contributed by atoms with Gasteiger partial charge in [-0.05, 0) is 105 Å². The second kappa shape index (κ2) is 39.6. The molecule has 548 valence electrons. The molecule has 10 atom stereocenters. The number of nitrogens with two attached hydrogens (primary N) is 4. The van der Waals surface area contributed by atoms with E-state index in [2.05, 4.69) is 63.1 Å². The number of rotatable bonds is 23. The number of phenols is 2. The first kappa shape index (κ1) is 79.8. The van der Waals surface area contributed by atoms with Crippen LogP contribution in [0, 0.1) is 5.92 Å². The Morgan fingerprint density at radius 1 is 0.663 bits per heavy atom. The number of aromatic hydroxyl groups is 2. The number of para-hydroxylation sites is 1. The van der Waals surface area contributed by atoms with Gasteiger partial charge in [0, 0.05) is 80.2 Å². The minimum Gasteiger partial charge on any atom is -0.508 e. The topological polar surface area (TPSA) is 538 Å². The predicted molar refractivity (Wildman–Crippen MR) is 375 cm³/mol. The molecule has 4 aromatic rings. The third-order valence-corrected chi connectivity index (χ3v) is 19.2. The average Bonchev–Trinajstić information content (AvgIpc) is 1.73. The van der Waals surface area contributed by atoms with Crippen LogP contribution in [-0.2, 0) is 81.6 Å². The summed E-state index contributed by atoms with van der Waals surface area (Å²) in [7, 11) is 1.77. The maximum absolute atomic E-state index is 15.0. The van der Waals surface area contributed by atoms with E-state index >= 15 is 0 Å². The average molecular weight is 1440 g/mol. The van der Waals surface area contributed by atoms with Gasteiger partial charge in [0.15, 0.2) is 5.96 Å². The molecule has 33 nitrogen and oxygen atoms in total. The lowest BCUT2D eigenvalue weighted by molar-refractivity contribution is -0.138. The molecule has 0 aliphatic carbocycles. The van der Waals surface area contributed by atoms with Crippen LogP contribution in [0.5, 0.6) is 11.5 Å². The standard InChI is InChI=1S/C66H91N17O16S2/c1-4-83-28-8-12-51(83)64(98)78-46(29-36-13-17-39(84)18-14-36)61(95)81-50-34-101-100-33-49(56(68)90)80-59(93)45(22-24-54(88)89)76-62(96)48(31-38-32-73-42-10-6-5-9-41(38)42)77-58(92)44(21-23-52(67)86)74-53(87)25-27-71-57(91)43(11-7-26-72-66(69)70)75-60(94)47(30-37-15-19-40(85)20-16-37)79-65(99)55(35(2)3)82-63(50)97/h5-6,9-10,13-20,32,35,43-51,55,73,84-85H,4,7-8,11-12,21-31,33-34H2,1-3H3,(H2,67,86)(H2,68,90)(H,71,91)(H,74,87)(H,75,94)(H,76,96)(H,77,92)(H,78,98)(H,79,99)(H,80,93)(H,81,95)(H,82,97)(H,88,89)(H4,69,70,72)/t43-,44-,45-,46-,47-,48-,49+,50-,51-,55-/m0/s1. The number of likely N-dealkylation sites (tertiary alicyclic amines) is 1. The first-order valence-corrected chi connectivity index (χ1v) is 35.5. The van der Waals surface area contributed by atoms with Gasteiger partial charge in [-0.3, -0.25) is 72.2 Å². The molecule has 2 aliphatic heterocycles. The van der Waals surface area contributed by atoms with E-state index in [0.29, 0.717) is 53.5 Å². The molecule has 0 spiro atoms. The number of carboxylic acids is 1. The zero-order chi connectivity index (χ0) is 73.9. The fourth-order valence-corrected chi connectivity index (χ4v) is 13.6. The summed E-state index contributed by atoms with van der Waals surface area (Å²) in [4.78, 5) is 191. The lowest BCUT2D eigenvalue weighted by atomic mass is 10.00. The molecule has 12 amide bonds. The Bertz CT molecular complexity index is 3610. The Labute approximate surface area is 590 Å². The van der Waals surface area contributed by atoms with Gasteiger partial charge >= 0.3 is 5.97 Å². The molecule has 0 bridgehead atoms. The van der Waals surface area contributed by atoms with Crippen molar-refractivity contribution in [2.75, 3.05) is 37.7 Å². The van der Waals surface area contributed by atoms with Gasteiger partial charge in [0.2, 0.25) is 70.9 Å². The first-order valence-electron chi connectivity index (χ1n) is 33.0. The number of carbonyl (C=O) groups is 13. The Morgan fingerprint density at radius 2 is 1.25 bits per heavy atom. The monoisotopic (exact) mass is 1440 g/mol. The minimum atomic E-state index is -1.72. The van der Waals surface area contributed by atoms with E-state index in [-0.39, 0.29) is 67.6 Å². The number of primary amides is 2.